The van der Waals surface area contributed by atoms with E-state index in [1.807, 2.05) is 0 Å². The third-order valence-corrected chi connectivity index (χ3v) is 4.45. The second-order valence-electron chi connectivity index (χ2n) is 6.77. The highest BCUT2D eigenvalue weighted by molar-refractivity contribution is 5.71. The Hall–Kier alpha value is -1.30. The van der Waals surface area contributed by atoms with E-state index in [9.17, 15) is 0 Å². The molecule has 2 atom stereocenters. The maximum absolute atomic E-state index is 3.68. The van der Waals surface area contributed by atoms with E-state index in [0.29, 0.717) is 5.92 Å². The minimum absolute atomic E-state index is 0.128. The fraction of sp³-hybridized carbons (Fsp3) is 0.444. The predicted molar refractivity (Wildman–Crippen MR) is 76.2 cm³/mol. The van der Waals surface area contributed by atoms with Gasteiger partial charge in [0.25, 0.3) is 0 Å². The first-order chi connectivity index (χ1) is 8.37. The zero-order valence-electron chi connectivity index (χ0n) is 12.0. The van der Waals surface area contributed by atoms with E-state index in [0.717, 1.165) is 0 Å². The summed E-state index contributed by atoms with van der Waals surface area (Å²) in [6.45, 7) is 11.6. The summed E-state index contributed by atoms with van der Waals surface area (Å²) >= 11 is 0. The lowest BCUT2D eigenvalue weighted by Crippen LogP contribution is -2.39. The van der Waals surface area contributed by atoms with Crippen LogP contribution in [-0.4, -0.2) is 0 Å². The molecule has 1 aromatic carbocycles. The zero-order valence-corrected chi connectivity index (χ0v) is 12.0. The van der Waals surface area contributed by atoms with Gasteiger partial charge in [0.15, 0.2) is 0 Å². The third-order valence-electron chi connectivity index (χ3n) is 4.45. The van der Waals surface area contributed by atoms with Gasteiger partial charge in [-0.1, -0.05) is 58.0 Å². The molecule has 93 valence electrons. The van der Waals surface area contributed by atoms with Crippen molar-refractivity contribution in [2.45, 2.75) is 40.0 Å². The molecule has 0 spiro atoms. The van der Waals surface area contributed by atoms with Crippen LogP contribution in [0.1, 0.15) is 40.2 Å². The molecule has 0 N–H and O–H groups in total. The van der Waals surface area contributed by atoms with Gasteiger partial charge in [0.05, 0.1) is 0 Å². The number of allylic oxidation sites excluding steroid dienone is 4. The van der Waals surface area contributed by atoms with Crippen molar-refractivity contribution in [2.75, 3.05) is 0 Å². The van der Waals surface area contributed by atoms with Crippen LogP contribution in [0.4, 0.5) is 0 Å². The minimum Gasteiger partial charge on any atom is -0.0622 e. The molecule has 0 saturated carbocycles. The van der Waals surface area contributed by atoms with E-state index in [2.05, 4.69) is 71.0 Å². The number of fused-ring (bicyclic) bond motifs is 1. The van der Waals surface area contributed by atoms with Crippen molar-refractivity contribution in [1.29, 1.82) is 0 Å². The molecule has 0 amide bonds. The molecule has 0 heterocycles. The van der Waals surface area contributed by atoms with E-state index < -0.39 is 0 Å². The molecule has 3 aliphatic carbocycles. The smallest absolute Gasteiger partial charge is 0.0400 e. The largest absolute Gasteiger partial charge is 0.0622 e. The lowest BCUT2D eigenvalue weighted by atomic mass is 9.55. The van der Waals surface area contributed by atoms with Crippen molar-refractivity contribution in [2.24, 2.45) is 11.3 Å². The first-order valence-corrected chi connectivity index (χ1v) is 6.82. The molecule has 2 unspecified atom stereocenters. The van der Waals surface area contributed by atoms with Gasteiger partial charge in [-0.25, -0.2) is 0 Å². The lowest BCUT2D eigenvalue weighted by molar-refractivity contribution is 0.436. The van der Waals surface area contributed by atoms with Gasteiger partial charge in [-0.15, -0.1) is 0 Å². The van der Waals surface area contributed by atoms with Crippen LogP contribution >= 0.6 is 0 Å². The average molecular weight is 237 g/mol. The molecule has 3 aliphatic rings. The van der Waals surface area contributed by atoms with Gasteiger partial charge >= 0.3 is 0 Å². The van der Waals surface area contributed by atoms with Crippen molar-refractivity contribution in [3.05, 3.63) is 58.7 Å². The van der Waals surface area contributed by atoms with Crippen LogP contribution in [0.2, 0.25) is 0 Å². The van der Waals surface area contributed by atoms with E-state index in [-0.39, 0.29) is 10.8 Å². The van der Waals surface area contributed by atoms with Crippen molar-refractivity contribution in [1.82, 2.24) is 0 Å². The molecule has 1 aromatic rings. The Morgan fingerprint density at radius 3 is 2.17 bits per heavy atom. The van der Waals surface area contributed by atoms with Gasteiger partial charge in [0, 0.05) is 11.3 Å². The van der Waals surface area contributed by atoms with E-state index >= 15 is 0 Å². The summed E-state index contributed by atoms with van der Waals surface area (Å²) in [6, 6.07) is 10.9. The van der Waals surface area contributed by atoms with Crippen LogP contribution < -0.4 is 0 Å². The monoisotopic (exact) mass is 237 g/mol. The number of hydrogen-bond donors (Lipinski definition) is 0. The van der Waals surface area contributed by atoms with Crippen LogP contribution in [0.5, 0.6) is 0 Å². The zero-order chi connectivity index (χ0) is 13.1. The summed E-state index contributed by atoms with van der Waals surface area (Å²) < 4.78 is 0. The normalized spacial score (nSPS) is 30.3. The van der Waals surface area contributed by atoms with Crippen molar-refractivity contribution in [3.63, 3.8) is 0 Å². The SMILES string of the molecule is CC1[C]=C2C(C(C)(C)C)=C1C2(C)c1ccccc1. The van der Waals surface area contributed by atoms with Crippen LogP contribution in [0.25, 0.3) is 0 Å². The number of hydrogen-bond acceptors (Lipinski definition) is 0. The summed E-state index contributed by atoms with van der Waals surface area (Å²) in [5.74, 6) is 0.486. The van der Waals surface area contributed by atoms with Gasteiger partial charge in [-0.3, -0.25) is 0 Å². The Morgan fingerprint density at radius 1 is 1.11 bits per heavy atom. The van der Waals surface area contributed by atoms with Gasteiger partial charge in [0.2, 0.25) is 0 Å². The Labute approximate surface area is 110 Å². The molecule has 0 heteroatoms. The molecule has 1 radical (unpaired) electrons. The highest BCUT2D eigenvalue weighted by Crippen LogP contribution is 2.64. The Bertz CT molecular complexity index is 551. The van der Waals surface area contributed by atoms with Gasteiger partial charge < -0.3 is 0 Å². The van der Waals surface area contributed by atoms with Crippen LogP contribution in [0.3, 0.4) is 0 Å². The summed E-state index contributed by atoms with van der Waals surface area (Å²) in [5, 5.41) is 0. The Morgan fingerprint density at radius 2 is 1.72 bits per heavy atom. The highest BCUT2D eigenvalue weighted by atomic mass is 14.6. The lowest BCUT2D eigenvalue weighted by Gasteiger charge is -2.48. The summed E-state index contributed by atoms with van der Waals surface area (Å²) in [6.07, 6.45) is 3.68. The predicted octanol–water partition coefficient (Wildman–Crippen LogP) is 4.68. The second-order valence-corrected chi connectivity index (χ2v) is 6.77. The number of benzene rings is 1. The molecule has 0 nitrogen and oxygen atoms in total. The fourth-order valence-corrected chi connectivity index (χ4v) is 3.71. The van der Waals surface area contributed by atoms with Crippen LogP contribution in [-0.2, 0) is 5.41 Å². The maximum atomic E-state index is 3.68. The van der Waals surface area contributed by atoms with Gasteiger partial charge in [-0.2, -0.15) is 0 Å². The number of rotatable bonds is 1. The summed E-state index contributed by atoms with van der Waals surface area (Å²) in [5.41, 5.74) is 6.39. The van der Waals surface area contributed by atoms with E-state index in [1.165, 1.54) is 11.1 Å². The molecular formula is C18H21. The maximum Gasteiger partial charge on any atom is 0.0400 e. The third kappa shape index (κ3) is 1.27. The van der Waals surface area contributed by atoms with Crippen molar-refractivity contribution >= 4 is 0 Å². The van der Waals surface area contributed by atoms with Crippen molar-refractivity contribution in [3.8, 4) is 0 Å². The molecule has 0 saturated heterocycles. The first kappa shape index (κ1) is 11.8. The topological polar surface area (TPSA) is 0 Å². The summed E-state index contributed by atoms with van der Waals surface area (Å²) in [7, 11) is 0. The fourth-order valence-electron chi connectivity index (χ4n) is 3.71. The molecule has 0 aliphatic heterocycles. The molecule has 4 rings (SSSR count). The van der Waals surface area contributed by atoms with Gasteiger partial charge in [-0.05, 0) is 40.7 Å². The quantitative estimate of drug-likeness (QED) is 0.665. The Kier molecular flexibility index (Phi) is 2.21. The van der Waals surface area contributed by atoms with Crippen LogP contribution in [0.15, 0.2) is 47.1 Å². The van der Waals surface area contributed by atoms with E-state index in [4.69, 9.17) is 0 Å². The average Bonchev–Trinajstić information content (AvgIpc) is 2.79. The first-order valence-electron chi connectivity index (χ1n) is 6.82. The Balaban J connectivity index is 2.16. The minimum atomic E-state index is 0.128. The molecule has 18 heavy (non-hydrogen) atoms. The highest BCUT2D eigenvalue weighted by Gasteiger charge is 2.55. The molecular weight excluding hydrogens is 216 g/mol. The second kappa shape index (κ2) is 3.38. The molecule has 0 fully saturated rings. The standard InChI is InChI=1S/C18H21/c1-12-11-14-16(17(2,3)4)15(12)18(14,5)13-9-7-6-8-10-13/h6-10,12H,1-5H3. The summed E-state index contributed by atoms with van der Waals surface area (Å²) in [4.78, 5) is 0. The molecule has 2 bridgehead atoms. The molecule has 0 aromatic heterocycles. The van der Waals surface area contributed by atoms with Crippen LogP contribution in [0, 0.1) is 17.4 Å². The van der Waals surface area contributed by atoms with Gasteiger partial charge in [0.1, 0.15) is 0 Å². The van der Waals surface area contributed by atoms with Crippen molar-refractivity contribution < 1.29 is 0 Å². The van der Waals surface area contributed by atoms with E-state index in [1.54, 1.807) is 11.1 Å².